The molecule has 0 amide bonds. The van der Waals surface area contributed by atoms with Gasteiger partial charge in [-0.25, -0.2) is 13.1 Å². The lowest BCUT2D eigenvalue weighted by Gasteiger charge is -2.33. The predicted molar refractivity (Wildman–Crippen MR) is 118 cm³/mol. The molecule has 9 heteroatoms. The molecule has 2 aromatic carbocycles. The molecule has 158 valence electrons. The summed E-state index contributed by atoms with van der Waals surface area (Å²) in [5, 5.41) is 12.2. The molecule has 0 N–H and O–H groups in total. The van der Waals surface area contributed by atoms with Gasteiger partial charge in [0.1, 0.15) is 0 Å². The van der Waals surface area contributed by atoms with Crippen molar-refractivity contribution in [3.8, 4) is 0 Å². The standard InChI is InChI=1S/C21H25N5O2S2/c1-16-3-7-18(8-4-16)20(25-11-13-29-14-12-25)21-22-23-24-26(21)15-30(27,28)19-9-5-17(2)6-10-19/h3-10,20H,11-15H2,1-2H3. The molecule has 1 aliphatic rings. The molecular formula is C21H25N5O2S2. The molecule has 1 saturated heterocycles. The van der Waals surface area contributed by atoms with Crippen LogP contribution in [0.4, 0.5) is 0 Å². The van der Waals surface area contributed by atoms with Crippen LogP contribution in [0, 0.1) is 13.8 Å². The van der Waals surface area contributed by atoms with Gasteiger partial charge < -0.3 is 0 Å². The summed E-state index contributed by atoms with van der Waals surface area (Å²) in [5.74, 6) is 2.34. The van der Waals surface area contributed by atoms with Gasteiger partial charge in [0.2, 0.25) is 0 Å². The first-order valence-electron chi connectivity index (χ1n) is 9.88. The Bertz CT molecular complexity index is 1090. The molecule has 1 aromatic heterocycles. The third kappa shape index (κ3) is 4.58. The van der Waals surface area contributed by atoms with Gasteiger partial charge >= 0.3 is 0 Å². The van der Waals surface area contributed by atoms with Crippen molar-refractivity contribution in [2.24, 2.45) is 0 Å². The van der Waals surface area contributed by atoms with Gasteiger partial charge in [-0.05, 0) is 42.0 Å². The lowest BCUT2D eigenvalue weighted by atomic mass is 10.0. The molecule has 0 bridgehead atoms. The molecule has 3 aromatic rings. The molecule has 1 unspecified atom stereocenters. The highest BCUT2D eigenvalue weighted by atomic mass is 32.2. The number of aromatic nitrogens is 4. The second-order valence-corrected chi connectivity index (χ2v) is 10.7. The third-order valence-electron chi connectivity index (χ3n) is 5.28. The zero-order valence-corrected chi connectivity index (χ0v) is 18.7. The molecule has 0 saturated carbocycles. The smallest absolute Gasteiger partial charge is 0.198 e. The quantitative estimate of drug-likeness (QED) is 0.579. The van der Waals surface area contributed by atoms with Crippen molar-refractivity contribution in [1.29, 1.82) is 0 Å². The van der Waals surface area contributed by atoms with E-state index in [1.165, 1.54) is 10.2 Å². The first-order chi connectivity index (χ1) is 14.4. The van der Waals surface area contributed by atoms with E-state index in [4.69, 9.17) is 0 Å². The molecule has 1 atom stereocenters. The van der Waals surface area contributed by atoms with Crippen LogP contribution in [0.5, 0.6) is 0 Å². The Morgan fingerprint density at radius 3 is 2.20 bits per heavy atom. The maximum Gasteiger partial charge on any atom is 0.198 e. The summed E-state index contributed by atoms with van der Waals surface area (Å²) in [6.45, 7) is 5.79. The van der Waals surface area contributed by atoms with Crippen molar-refractivity contribution in [2.45, 2.75) is 30.7 Å². The number of tetrazole rings is 1. The van der Waals surface area contributed by atoms with Gasteiger partial charge in [0.25, 0.3) is 0 Å². The van der Waals surface area contributed by atoms with E-state index < -0.39 is 9.84 Å². The zero-order chi connectivity index (χ0) is 21.1. The van der Waals surface area contributed by atoms with Gasteiger partial charge in [-0.15, -0.1) is 5.10 Å². The summed E-state index contributed by atoms with van der Waals surface area (Å²) in [4.78, 5) is 2.61. The SMILES string of the molecule is Cc1ccc(C(c2nnnn2CS(=O)(=O)c2ccc(C)cc2)N2CCSCC2)cc1. The van der Waals surface area contributed by atoms with Crippen molar-refractivity contribution in [3.63, 3.8) is 0 Å². The Labute approximate surface area is 181 Å². The van der Waals surface area contributed by atoms with E-state index in [0.29, 0.717) is 5.82 Å². The van der Waals surface area contributed by atoms with E-state index in [1.807, 2.05) is 18.7 Å². The Hall–Kier alpha value is -2.23. The normalized spacial score (nSPS) is 16.5. The monoisotopic (exact) mass is 443 g/mol. The number of benzene rings is 2. The van der Waals surface area contributed by atoms with E-state index in [-0.39, 0.29) is 16.8 Å². The number of aryl methyl sites for hydroxylation is 2. The third-order valence-corrected chi connectivity index (χ3v) is 7.80. The first kappa shape index (κ1) is 21.0. The summed E-state index contributed by atoms with van der Waals surface area (Å²) < 4.78 is 27.5. The summed E-state index contributed by atoms with van der Waals surface area (Å²) in [7, 11) is -3.58. The van der Waals surface area contributed by atoms with Crippen LogP contribution in [0.25, 0.3) is 0 Å². The maximum absolute atomic E-state index is 13.0. The Morgan fingerprint density at radius 2 is 1.57 bits per heavy atom. The molecule has 0 radical (unpaired) electrons. The number of thioether (sulfide) groups is 1. The van der Waals surface area contributed by atoms with Crippen LogP contribution in [0.2, 0.25) is 0 Å². The minimum Gasteiger partial charge on any atom is -0.288 e. The number of rotatable bonds is 6. The predicted octanol–water partition coefficient (Wildman–Crippen LogP) is 2.86. The first-order valence-corrected chi connectivity index (χ1v) is 12.7. The molecule has 0 spiro atoms. The van der Waals surface area contributed by atoms with E-state index in [9.17, 15) is 8.42 Å². The van der Waals surface area contributed by atoms with Crippen molar-refractivity contribution >= 4 is 21.6 Å². The van der Waals surface area contributed by atoms with E-state index >= 15 is 0 Å². The minimum atomic E-state index is -3.58. The molecular weight excluding hydrogens is 418 g/mol. The van der Waals surface area contributed by atoms with Gasteiger partial charge in [-0.1, -0.05) is 47.5 Å². The largest absolute Gasteiger partial charge is 0.288 e. The van der Waals surface area contributed by atoms with E-state index in [1.54, 1.807) is 24.3 Å². The molecule has 4 rings (SSSR count). The average Bonchev–Trinajstić information content (AvgIpc) is 3.18. The average molecular weight is 444 g/mol. The Kier molecular flexibility index (Phi) is 6.21. The lowest BCUT2D eigenvalue weighted by molar-refractivity contribution is 0.236. The van der Waals surface area contributed by atoms with Crippen molar-refractivity contribution in [3.05, 3.63) is 71.0 Å². The number of nitrogens with zero attached hydrogens (tertiary/aromatic N) is 5. The van der Waals surface area contributed by atoms with Crippen LogP contribution in [-0.2, 0) is 15.7 Å². The molecule has 7 nitrogen and oxygen atoms in total. The van der Waals surface area contributed by atoms with Crippen molar-refractivity contribution in [2.75, 3.05) is 24.6 Å². The fourth-order valence-corrected chi connectivity index (χ4v) is 5.73. The fourth-order valence-electron chi connectivity index (χ4n) is 3.59. The summed E-state index contributed by atoms with van der Waals surface area (Å²) in [6, 6.07) is 15.0. The summed E-state index contributed by atoms with van der Waals surface area (Å²) in [6.07, 6.45) is 0. The van der Waals surface area contributed by atoms with Gasteiger partial charge in [0, 0.05) is 24.6 Å². The van der Waals surface area contributed by atoms with Gasteiger partial charge in [0.05, 0.1) is 10.9 Å². The molecule has 30 heavy (non-hydrogen) atoms. The number of hydrogen-bond acceptors (Lipinski definition) is 7. The van der Waals surface area contributed by atoms with Crippen LogP contribution in [-0.4, -0.2) is 58.1 Å². The van der Waals surface area contributed by atoms with Crippen LogP contribution in [0.1, 0.15) is 28.6 Å². The van der Waals surface area contributed by atoms with Crippen LogP contribution in [0.15, 0.2) is 53.4 Å². The second kappa shape index (κ2) is 8.87. The topological polar surface area (TPSA) is 81.0 Å². The molecule has 1 fully saturated rings. The number of hydrogen-bond donors (Lipinski definition) is 0. The summed E-state index contributed by atoms with van der Waals surface area (Å²) >= 11 is 1.93. The highest BCUT2D eigenvalue weighted by Gasteiger charge is 2.30. The highest BCUT2D eigenvalue weighted by molar-refractivity contribution is 7.99. The minimum absolute atomic E-state index is 0.185. The maximum atomic E-state index is 13.0. The summed E-state index contributed by atoms with van der Waals surface area (Å²) in [5.41, 5.74) is 3.25. The molecule has 2 heterocycles. The molecule has 0 aliphatic carbocycles. The van der Waals surface area contributed by atoms with E-state index in [2.05, 4.69) is 51.6 Å². The van der Waals surface area contributed by atoms with Crippen LogP contribution < -0.4 is 0 Å². The Morgan fingerprint density at radius 1 is 0.967 bits per heavy atom. The lowest BCUT2D eigenvalue weighted by Crippen LogP contribution is -2.38. The van der Waals surface area contributed by atoms with Gasteiger partial charge in [-0.2, -0.15) is 11.8 Å². The molecule has 1 aliphatic heterocycles. The van der Waals surface area contributed by atoms with Crippen LogP contribution >= 0.6 is 11.8 Å². The fraction of sp³-hybridized carbons (Fsp3) is 0.381. The van der Waals surface area contributed by atoms with E-state index in [0.717, 1.165) is 35.7 Å². The highest BCUT2D eigenvalue weighted by Crippen LogP contribution is 2.30. The van der Waals surface area contributed by atoms with Crippen molar-refractivity contribution in [1.82, 2.24) is 25.1 Å². The van der Waals surface area contributed by atoms with Gasteiger partial charge in [-0.3, -0.25) is 4.90 Å². The Balaban J connectivity index is 1.70. The number of sulfone groups is 1. The van der Waals surface area contributed by atoms with Crippen LogP contribution in [0.3, 0.4) is 0 Å². The zero-order valence-electron chi connectivity index (χ0n) is 17.1. The van der Waals surface area contributed by atoms with Crippen molar-refractivity contribution < 1.29 is 8.42 Å². The van der Waals surface area contributed by atoms with Gasteiger partial charge in [0.15, 0.2) is 21.5 Å². The second-order valence-electron chi connectivity index (χ2n) is 7.56.